The van der Waals surface area contributed by atoms with Gasteiger partial charge in [-0.3, -0.25) is 14.5 Å². The van der Waals surface area contributed by atoms with Crippen molar-refractivity contribution in [2.45, 2.75) is 39.0 Å². The Labute approximate surface area is 186 Å². The Morgan fingerprint density at radius 2 is 1.84 bits per heavy atom. The molecule has 0 bridgehead atoms. The molecule has 2 fully saturated rings. The first-order valence-electron chi connectivity index (χ1n) is 11.0. The van der Waals surface area contributed by atoms with E-state index in [0.29, 0.717) is 24.3 Å². The van der Waals surface area contributed by atoms with Crippen LogP contribution in [0.4, 0.5) is 26.2 Å². The maximum atomic E-state index is 14.3. The van der Waals surface area contributed by atoms with Gasteiger partial charge >= 0.3 is 6.03 Å². The zero-order valence-electron chi connectivity index (χ0n) is 18.0. The van der Waals surface area contributed by atoms with E-state index in [2.05, 4.69) is 16.0 Å². The number of hydrogen-bond donors (Lipinski definition) is 3. The van der Waals surface area contributed by atoms with Crippen LogP contribution in [-0.4, -0.2) is 30.9 Å². The van der Waals surface area contributed by atoms with Crippen molar-refractivity contribution in [2.24, 2.45) is 5.92 Å². The number of nitrogens with one attached hydrogen (secondary N) is 3. The van der Waals surface area contributed by atoms with E-state index >= 15 is 0 Å². The molecule has 2 aromatic carbocycles. The van der Waals surface area contributed by atoms with Gasteiger partial charge in [-0.1, -0.05) is 19.3 Å². The fourth-order valence-corrected chi connectivity index (χ4v) is 4.30. The monoisotopic (exact) mass is 438 g/mol. The lowest BCUT2D eigenvalue weighted by atomic mass is 9.88. The molecule has 0 aromatic heterocycles. The minimum Gasteiger partial charge on any atom is -0.336 e. The standard InChI is InChI=1S/C24H27FN4O3/c1-15-13-17(7-10-21(15)29-12-11-26-24(29)32)23(31)27-18-8-9-19(25)20(14-18)28-22(30)16-5-3-2-4-6-16/h7-10,13-14,16H,2-6,11-12H2,1H3,(H,26,32)(H,27,31)(H,28,30). The zero-order valence-corrected chi connectivity index (χ0v) is 18.0. The Balaban J connectivity index is 1.45. The molecular formula is C24H27FN4O3. The molecule has 0 unspecified atom stereocenters. The second-order valence-electron chi connectivity index (χ2n) is 8.36. The number of halogens is 1. The zero-order chi connectivity index (χ0) is 22.7. The topological polar surface area (TPSA) is 90.5 Å². The van der Waals surface area contributed by atoms with Gasteiger partial charge in [-0.15, -0.1) is 0 Å². The van der Waals surface area contributed by atoms with Gasteiger partial charge in [0.15, 0.2) is 0 Å². The van der Waals surface area contributed by atoms with Gasteiger partial charge in [-0.25, -0.2) is 9.18 Å². The number of nitrogens with zero attached hydrogens (tertiary/aromatic N) is 1. The van der Waals surface area contributed by atoms with Crippen molar-refractivity contribution in [3.05, 3.63) is 53.3 Å². The predicted molar refractivity (Wildman–Crippen MR) is 121 cm³/mol. The number of hydrogen-bond acceptors (Lipinski definition) is 3. The Bertz CT molecular complexity index is 1050. The molecule has 8 heteroatoms. The molecule has 32 heavy (non-hydrogen) atoms. The van der Waals surface area contributed by atoms with Gasteiger partial charge in [0, 0.05) is 35.9 Å². The van der Waals surface area contributed by atoms with Crippen molar-refractivity contribution in [2.75, 3.05) is 28.6 Å². The van der Waals surface area contributed by atoms with E-state index in [4.69, 9.17) is 0 Å². The van der Waals surface area contributed by atoms with Gasteiger partial charge in [-0.2, -0.15) is 0 Å². The van der Waals surface area contributed by atoms with Crippen LogP contribution in [0.5, 0.6) is 0 Å². The van der Waals surface area contributed by atoms with Gasteiger partial charge < -0.3 is 16.0 Å². The number of amides is 4. The van der Waals surface area contributed by atoms with Gasteiger partial charge in [-0.05, 0) is 61.7 Å². The van der Waals surface area contributed by atoms with Crippen molar-refractivity contribution in [1.82, 2.24) is 5.32 Å². The van der Waals surface area contributed by atoms with Crippen molar-refractivity contribution < 1.29 is 18.8 Å². The van der Waals surface area contributed by atoms with E-state index in [9.17, 15) is 18.8 Å². The van der Waals surface area contributed by atoms with E-state index < -0.39 is 5.82 Å². The first-order chi connectivity index (χ1) is 15.4. The van der Waals surface area contributed by atoms with Crippen LogP contribution in [0.25, 0.3) is 0 Å². The first kappa shape index (κ1) is 21.8. The number of aryl methyl sites for hydroxylation is 1. The van der Waals surface area contributed by atoms with E-state index in [1.165, 1.54) is 18.2 Å². The molecule has 7 nitrogen and oxygen atoms in total. The minimum atomic E-state index is -0.545. The Morgan fingerprint density at radius 3 is 2.53 bits per heavy atom. The smallest absolute Gasteiger partial charge is 0.322 e. The van der Waals surface area contributed by atoms with Gasteiger partial charge in [0.1, 0.15) is 5.82 Å². The highest BCUT2D eigenvalue weighted by atomic mass is 19.1. The molecule has 1 aliphatic heterocycles. The average molecular weight is 439 g/mol. The number of carbonyl (C=O) groups is 3. The molecule has 0 spiro atoms. The Hall–Kier alpha value is -3.42. The lowest BCUT2D eigenvalue weighted by Crippen LogP contribution is -2.28. The molecule has 1 saturated carbocycles. The number of carbonyl (C=O) groups excluding carboxylic acids is 3. The van der Waals surface area contributed by atoms with Crippen LogP contribution in [0.2, 0.25) is 0 Å². The van der Waals surface area contributed by atoms with E-state index in [1.807, 2.05) is 6.92 Å². The highest BCUT2D eigenvalue weighted by molar-refractivity contribution is 6.05. The third-order valence-corrected chi connectivity index (χ3v) is 6.06. The summed E-state index contributed by atoms with van der Waals surface area (Å²) in [6.45, 7) is 3.01. The summed E-state index contributed by atoms with van der Waals surface area (Å²) >= 11 is 0. The van der Waals surface area contributed by atoms with Crippen LogP contribution in [-0.2, 0) is 4.79 Å². The summed E-state index contributed by atoms with van der Waals surface area (Å²) < 4.78 is 14.3. The minimum absolute atomic E-state index is 0.0601. The largest absolute Gasteiger partial charge is 0.336 e. The molecule has 4 amide bonds. The van der Waals surface area contributed by atoms with Crippen LogP contribution >= 0.6 is 0 Å². The third kappa shape index (κ3) is 4.74. The maximum Gasteiger partial charge on any atom is 0.322 e. The lowest BCUT2D eigenvalue weighted by Gasteiger charge is -2.21. The molecule has 1 aliphatic carbocycles. The SMILES string of the molecule is Cc1cc(C(=O)Nc2ccc(F)c(NC(=O)C3CCCCC3)c2)ccc1N1CCNC1=O. The third-order valence-electron chi connectivity index (χ3n) is 6.06. The number of anilines is 3. The molecule has 0 radical (unpaired) electrons. The summed E-state index contributed by atoms with van der Waals surface area (Å²) in [5.41, 5.74) is 2.42. The summed E-state index contributed by atoms with van der Waals surface area (Å²) in [4.78, 5) is 38.8. The Kier molecular flexibility index (Phi) is 6.39. The second-order valence-corrected chi connectivity index (χ2v) is 8.36. The first-order valence-corrected chi connectivity index (χ1v) is 11.0. The van der Waals surface area contributed by atoms with E-state index in [-0.39, 0.29) is 29.5 Å². The van der Waals surface area contributed by atoms with Crippen molar-refractivity contribution >= 4 is 34.9 Å². The van der Waals surface area contributed by atoms with Crippen LogP contribution in [0.15, 0.2) is 36.4 Å². The molecule has 1 saturated heterocycles. The Morgan fingerprint density at radius 1 is 1.06 bits per heavy atom. The second kappa shape index (κ2) is 9.38. The van der Waals surface area contributed by atoms with Gasteiger partial charge in [0.2, 0.25) is 5.91 Å². The van der Waals surface area contributed by atoms with Crippen LogP contribution in [0.1, 0.15) is 48.0 Å². The summed E-state index contributed by atoms with van der Waals surface area (Å²) in [6, 6.07) is 9.08. The van der Waals surface area contributed by atoms with E-state index in [1.54, 1.807) is 23.1 Å². The van der Waals surface area contributed by atoms with Crippen molar-refractivity contribution in [3.8, 4) is 0 Å². The summed E-state index contributed by atoms with van der Waals surface area (Å²) in [6.07, 6.45) is 4.79. The molecule has 4 rings (SSSR count). The van der Waals surface area contributed by atoms with Crippen molar-refractivity contribution in [3.63, 3.8) is 0 Å². The molecular weight excluding hydrogens is 411 g/mol. The molecule has 1 heterocycles. The molecule has 2 aliphatic rings. The van der Waals surface area contributed by atoms with Gasteiger partial charge in [0.05, 0.1) is 5.69 Å². The molecule has 0 atom stereocenters. The van der Waals surface area contributed by atoms with Crippen LogP contribution < -0.4 is 20.9 Å². The number of urea groups is 1. The summed E-state index contributed by atoms with van der Waals surface area (Å²) in [5.74, 6) is -1.18. The highest BCUT2D eigenvalue weighted by Gasteiger charge is 2.24. The van der Waals surface area contributed by atoms with Crippen LogP contribution in [0, 0.1) is 18.7 Å². The molecule has 3 N–H and O–H groups in total. The predicted octanol–water partition coefficient (Wildman–Crippen LogP) is 4.43. The quantitative estimate of drug-likeness (QED) is 0.645. The number of rotatable bonds is 5. The fourth-order valence-electron chi connectivity index (χ4n) is 4.30. The van der Waals surface area contributed by atoms with E-state index in [0.717, 1.165) is 43.4 Å². The fraction of sp³-hybridized carbons (Fsp3) is 0.375. The summed E-state index contributed by atoms with van der Waals surface area (Å²) in [7, 11) is 0. The molecule has 168 valence electrons. The average Bonchev–Trinajstić information content (AvgIpc) is 3.22. The highest BCUT2D eigenvalue weighted by Crippen LogP contribution is 2.27. The number of benzene rings is 2. The normalized spacial score (nSPS) is 16.6. The van der Waals surface area contributed by atoms with Gasteiger partial charge in [0.25, 0.3) is 5.91 Å². The summed E-state index contributed by atoms with van der Waals surface area (Å²) in [5, 5.41) is 8.19. The maximum absolute atomic E-state index is 14.3. The van der Waals surface area contributed by atoms with Crippen LogP contribution in [0.3, 0.4) is 0 Å². The van der Waals surface area contributed by atoms with Crippen molar-refractivity contribution in [1.29, 1.82) is 0 Å². The molecule has 2 aromatic rings. The lowest BCUT2D eigenvalue weighted by molar-refractivity contribution is -0.120.